The second kappa shape index (κ2) is 5.54. The largest absolute Gasteiger partial charge is 0.312 e. The van der Waals surface area contributed by atoms with Crippen LogP contribution in [0.5, 0.6) is 0 Å². The molecule has 2 aromatic rings. The Balaban J connectivity index is 2.07. The van der Waals surface area contributed by atoms with Crippen molar-refractivity contribution in [2.75, 3.05) is 5.43 Å². The highest BCUT2D eigenvalue weighted by molar-refractivity contribution is 5.94. The van der Waals surface area contributed by atoms with Crippen molar-refractivity contribution in [1.29, 1.82) is 0 Å². The number of anilines is 1. The van der Waals surface area contributed by atoms with E-state index in [2.05, 4.69) is 20.8 Å². The number of rotatable bonds is 4. The number of hydrazine groups is 1. The molecule has 0 unspecified atom stereocenters. The van der Waals surface area contributed by atoms with Gasteiger partial charge < -0.3 is 0 Å². The van der Waals surface area contributed by atoms with Crippen LogP contribution in [0.4, 0.5) is 11.4 Å². The highest BCUT2D eigenvalue weighted by Crippen LogP contribution is 2.20. The van der Waals surface area contributed by atoms with Gasteiger partial charge >= 0.3 is 5.69 Å². The SMILES string of the molecule is O=C(NNc1ccncc1[N+](=O)[O-])c1ccncc1. The first-order valence-electron chi connectivity index (χ1n) is 5.23. The molecule has 0 aliphatic heterocycles. The highest BCUT2D eigenvalue weighted by atomic mass is 16.6. The lowest BCUT2D eigenvalue weighted by molar-refractivity contribution is -0.384. The Kier molecular flexibility index (Phi) is 3.62. The van der Waals surface area contributed by atoms with Gasteiger partial charge in [0.2, 0.25) is 0 Å². The number of nitro groups is 1. The van der Waals surface area contributed by atoms with Gasteiger partial charge in [-0.1, -0.05) is 0 Å². The normalized spacial score (nSPS) is 9.68. The van der Waals surface area contributed by atoms with Gasteiger partial charge in [-0.3, -0.25) is 35.7 Å². The molecule has 0 radical (unpaired) electrons. The molecule has 0 spiro atoms. The van der Waals surface area contributed by atoms with E-state index in [1.54, 1.807) is 0 Å². The fourth-order valence-corrected chi connectivity index (χ4v) is 1.34. The molecule has 2 heterocycles. The maximum absolute atomic E-state index is 11.7. The molecule has 96 valence electrons. The zero-order valence-electron chi connectivity index (χ0n) is 9.61. The van der Waals surface area contributed by atoms with Crippen LogP contribution in [0.1, 0.15) is 10.4 Å². The summed E-state index contributed by atoms with van der Waals surface area (Å²) in [6, 6.07) is 4.45. The van der Waals surface area contributed by atoms with Crippen molar-refractivity contribution in [3.05, 3.63) is 58.7 Å². The fourth-order valence-electron chi connectivity index (χ4n) is 1.34. The smallest absolute Gasteiger partial charge is 0.292 e. The van der Waals surface area contributed by atoms with E-state index in [1.165, 1.54) is 36.8 Å². The first kappa shape index (κ1) is 12.4. The first-order chi connectivity index (χ1) is 9.18. The number of amides is 1. The van der Waals surface area contributed by atoms with Crippen LogP contribution in [0.15, 0.2) is 43.0 Å². The number of carbonyl (C=O) groups is 1. The molecule has 8 nitrogen and oxygen atoms in total. The fraction of sp³-hybridized carbons (Fsp3) is 0. The summed E-state index contributed by atoms with van der Waals surface area (Å²) in [5.41, 5.74) is 5.17. The molecule has 8 heteroatoms. The van der Waals surface area contributed by atoms with Crippen molar-refractivity contribution < 1.29 is 9.72 Å². The van der Waals surface area contributed by atoms with Crippen LogP contribution in [0.2, 0.25) is 0 Å². The minimum atomic E-state index is -0.589. The number of carbonyl (C=O) groups excluding carboxylic acids is 1. The van der Waals surface area contributed by atoms with Gasteiger partial charge in [0.15, 0.2) is 0 Å². The summed E-state index contributed by atoms with van der Waals surface area (Å²) in [5.74, 6) is -0.423. The lowest BCUT2D eigenvalue weighted by Gasteiger charge is -2.08. The van der Waals surface area contributed by atoms with Crippen LogP contribution in [-0.2, 0) is 0 Å². The predicted molar refractivity (Wildman–Crippen MR) is 66.2 cm³/mol. The number of nitrogens with one attached hydrogen (secondary N) is 2. The number of aromatic nitrogens is 2. The topological polar surface area (TPSA) is 110 Å². The molecule has 0 saturated carbocycles. The van der Waals surface area contributed by atoms with Crippen molar-refractivity contribution in [1.82, 2.24) is 15.4 Å². The van der Waals surface area contributed by atoms with Gasteiger partial charge in [0.1, 0.15) is 11.9 Å². The van der Waals surface area contributed by atoms with Crippen molar-refractivity contribution in [3.8, 4) is 0 Å². The van der Waals surface area contributed by atoms with Gasteiger partial charge in [0.05, 0.1) is 4.92 Å². The number of hydrogen-bond donors (Lipinski definition) is 2. The third kappa shape index (κ3) is 3.00. The third-order valence-electron chi connectivity index (χ3n) is 2.25. The van der Waals surface area contributed by atoms with Crippen molar-refractivity contribution >= 4 is 17.3 Å². The summed E-state index contributed by atoms with van der Waals surface area (Å²) in [7, 11) is 0. The second-order valence-corrected chi connectivity index (χ2v) is 3.46. The van der Waals surface area contributed by atoms with Crippen LogP contribution in [0.25, 0.3) is 0 Å². The zero-order chi connectivity index (χ0) is 13.7. The molecular formula is C11H9N5O3. The summed E-state index contributed by atoms with van der Waals surface area (Å²) >= 11 is 0. The molecule has 0 atom stereocenters. The van der Waals surface area contributed by atoms with Gasteiger partial charge in [-0.15, -0.1) is 0 Å². The van der Waals surface area contributed by atoms with Crippen molar-refractivity contribution in [2.24, 2.45) is 0 Å². The molecule has 0 aliphatic carbocycles. The van der Waals surface area contributed by atoms with Crippen LogP contribution in [-0.4, -0.2) is 20.8 Å². The maximum Gasteiger partial charge on any atom is 0.312 e. The van der Waals surface area contributed by atoms with E-state index in [-0.39, 0.29) is 11.4 Å². The third-order valence-corrected chi connectivity index (χ3v) is 2.25. The average Bonchev–Trinajstić information content (AvgIpc) is 2.46. The second-order valence-electron chi connectivity index (χ2n) is 3.46. The van der Waals surface area contributed by atoms with Crippen LogP contribution >= 0.6 is 0 Å². The van der Waals surface area contributed by atoms with Crippen molar-refractivity contribution in [3.63, 3.8) is 0 Å². The maximum atomic E-state index is 11.7. The number of pyridine rings is 2. The van der Waals surface area contributed by atoms with E-state index in [4.69, 9.17) is 0 Å². The monoisotopic (exact) mass is 259 g/mol. The lowest BCUT2D eigenvalue weighted by atomic mass is 10.2. The van der Waals surface area contributed by atoms with Gasteiger partial charge in [-0.25, -0.2) is 0 Å². The minimum Gasteiger partial charge on any atom is -0.292 e. The minimum absolute atomic E-state index is 0.155. The molecule has 2 rings (SSSR count). The summed E-state index contributed by atoms with van der Waals surface area (Å²) in [4.78, 5) is 29.3. The van der Waals surface area contributed by atoms with Gasteiger partial charge in [0, 0.05) is 24.2 Å². The van der Waals surface area contributed by atoms with E-state index in [9.17, 15) is 14.9 Å². The number of hydrogen-bond acceptors (Lipinski definition) is 6. The van der Waals surface area contributed by atoms with E-state index < -0.39 is 10.8 Å². The Morgan fingerprint density at radius 3 is 2.53 bits per heavy atom. The summed E-state index contributed by atoms with van der Waals surface area (Å²) in [6.07, 6.45) is 5.43. The van der Waals surface area contributed by atoms with E-state index in [0.717, 1.165) is 6.20 Å². The Morgan fingerprint density at radius 2 is 1.84 bits per heavy atom. The Morgan fingerprint density at radius 1 is 1.16 bits per heavy atom. The Labute approximate surface area is 107 Å². The number of nitrogens with zero attached hydrogens (tertiary/aromatic N) is 3. The van der Waals surface area contributed by atoms with Crippen LogP contribution < -0.4 is 10.9 Å². The van der Waals surface area contributed by atoms with Gasteiger partial charge in [-0.2, -0.15) is 0 Å². The van der Waals surface area contributed by atoms with Crippen LogP contribution in [0.3, 0.4) is 0 Å². The summed E-state index contributed by atoms with van der Waals surface area (Å²) < 4.78 is 0. The van der Waals surface area contributed by atoms with E-state index in [0.29, 0.717) is 5.56 Å². The van der Waals surface area contributed by atoms with Crippen LogP contribution in [0, 0.1) is 10.1 Å². The molecule has 2 N–H and O–H groups in total. The molecule has 0 bridgehead atoms. The molecule has 2 aromatic heterocycles. The summed E-state index contributed by atoms with van der Waals surface area (Å²) in [5, 5.41) is 10.7. The predicted octanol–water partition coefficient (Wildman–Crippen LogP) is 1.14. The quantitative estimate of drug-likeness (QED) is 0.629. The lowest BCUT2D eigenvalue weighted by Crippen LogP contribution is -2.29. The Bertz CT molecular complexity index is 602. The highest BCUT2D eigenvalue weighted by Gasteiger charge is 2.13. The summed E-state index contributed by atoms with van der Waals surface area (Å²) in [6.45, 7) is 0. The first-order valence-corrected chi connectivity index (χ1v) is 5.23. The molecule has 0 saturated heterocycles. The Hall–Kier alpha value is -3.03. The van der Waals surface area contributed by atoms with E-state index >= 15 is 0 Å². The molecule has 0 fully saturated rings. The molecule has 1 amide bonds. The molecule has 19 heavy (non-hydrogen) atoms. The zero-order valence-corrected chi connectivity index (χ0v) is 9.61. The van der Waals surface area contributed by atoms with Gasteiger partial charge in [0.25, 0.3) is 5.91 Å². The average molecular weight is 259 g/mol. The molecule has 0 aromatic carbocycles. The van der Waals surface area contributed by atoms with E-state index in [1.807, 2.05) is 0 Å². The molecule has 0 aliphatic rings. The van der Waals surface area contributed by atoms with Crippen molar-refractivity contribution in [2.45, 2.75) is 0 Å². The standard InChI is InChI=1S/C11H9N5O3/c17-11(8-1-4-12-5-2-8)15-14-9-3-6-13-7-10(9)16(18)19/h1-7H,(H,13,14)(H,15,17). The molecular weight excluding hydrogens is 250 g/mol. The van der Waals surface area contributed by atoms with Gasteiger partial charge in [-0.05, 0) is 18.2 Å².